The summed E-state index contributed by atoms with van der Waals surface area (Å²) in [6.07, 6.45) is 6.60. The van der Waals surface area contributed by atoms with Crippen molar-refractivity contribution in [2.45, 2.75) is 51.5 Å². The average Bonchev–Trinajstić information content (AvgIpc) is 2.57. The number of rotatable bonds is 3. The minimum atomic E-state index is 0. The lowest BCUT2D eigenvalue weighted by Crippen LogP contribution is -2.47. The van der Waals surface area contributed by atoms with Gasteiger partial charge in [0.25, 0.3) is 0 Å². The first-order chi connectivity index (χ1) is 7.18. The first-order valence-corrected chi connectivity index (χ1v) is 6.23. The van der Waals surface area contributed by atoms with Crippen LogP contribution in [0.15, 0.2) is 0 Å². The van der Waals surface area contributed by atoms with Crippen LogP contribution in [0.3, 0.4) is 0 Å². The zero-order valence-corrected chi connectivity index (χ0v) is 10.9. The first-order valence-electron chi connectivity index (χ1n) is 6.23. The van der Waals surface area contributed by atoms with Crippen molar-refractivity contribution in [3.05, 3.63) is 0 Å². The van der Waals surface area contributed by atoms with Gasteiger partial charge in [-0.2, -0.15) is 0 Å². The van der Waals surface area contributed by atoms with E-state index in [0.29, 0.717) is 5.91 Å². The Balaban J connectivity index is 0.00000128. The van der Waals surface area contributed by atoms with Gasteiger partial charge in [0.15, 0.2) is 0 Å². The highest BCUT2D eigenvalue weighted by Gasteiger charge is 2.46. The molecule has 2 aliphatic rings. The second-order valence-electron chi connectivity index (χ2n) is 5.18. The van der Waals surface area contributed by atoms with Gasteiger partial charge in [0.05, 0.1) is 0 Å². The summed E-state index contributed by atoms with van der Waals surface area (Å²) < 4.78 is 0. The van der Waals surface area contributed by atoms with Crippen LogP contribution in [0.25, 0.3) is 0 Å². The van der Waals surface area contributed by atoms with Crippen LogP contribution in [-0.2, 0) is 4.79 Å². The summed E-state index contributed by atoms with van der Waals surface area (Å²) in [7, 11) is 0. The lowest BCUT2D eigenvalue weighted by Gasteiger charge is -2.42. The predicted molar refractivity (Wildman–Crippen MR) is 67.6 cm³/mol. The quantitative estimate of drug-likeness (QED) is 0.827. The summed E-state index contributed by atoms with van der Waals surface area (Å²) in [4.78, 5) is 14.4. The van der Waals surface area contributed by atoms with E-state index < -0.39 is 0 Å². The third-order valence-corrected chi connectivity index (χ3v) is 4.00. The molecule has 2 rings (SSSR count). The Hall–Kier alpha value is -0.280. The summed E-state index contributed by atoms with van der Waals surface area (Å²) in [5.74, 6) is 0.392. The first kappa shape index (κ1) is 13.8. The number of likely N-dealkylation sites (tertiary alicyclic amines) is 1. The molecular weight excluding hydrogens is 224 g/mol. The maximum absolute atomic E-state index is 12.4. The van der Waals surface area contributed by atoms with Crippen LogP contribution in [0.5, 0.6) is 0 Å². The smallest absolute Gasteiger partial charge is 0.228 e. The zero-order valence-electron chi connectivity index (χ0n) is 10.1. The summed E-state index contributed by atoms with van der Waals surface area (Å²) in [6, 6.07) is 0.215. The molecule has 0 aromatic heterocycles. The van der Waals surface area contributed by atoms with E-state index in [1.165, 1.54) is 6.42 Å². The Bertz CT molecular complexity index is 253. The van der Waals surface area contributed by atoms with E-state index in [-0.39, 0.29) is 23.9 Å². The van der Waals surface area contributed by atoms with E-state index in [2.05, 4.69) is 6.92 Å². The molecular formula is C12H23ClN2O. The molecule has 1 saturated carbocycles. The molecule has 1 atom stereocenters. The van der Waals surface area contributed by atoms with Crippen molar-refractivity contribution < 1.29 is 4.79 Å². The second-order valence-corrected chi connectivity index (χ2v) is 5.18. The van der Waals surface area contributed by atoms with Crippen molar-refractivity contribution in [2.24, 2.45) is 11.1 Å². The third-order valence-electron chi connectivity index (χ3n) is 4.00. The predicted octanol–water partition coefficient (Wildman–Crippen LogP) is 1.94. The molecule has 1 amide bonds. The Morgan fingerprint density at radius 1 is 1.50 bits per heavy atom. The maximum Gasteiger partial charge on any atom is 0.228 e. The molecule has 1 unspecified atom stereocenters. The van der Waals surface area contributed by atoms with E-state index in [0.717, 1.165) is 45.2 Å². The number of nitrogens with two attached hydrogens (primary N) is 1. The van der Waals surface area contributed by atoms with Gasteiger partial charge in [-0.25, -0.2) is 0 Å². The van der Waals surface area contributed by atoms with Crippen molar-refractivity contribution in [3.63, 3.8) is 0 Å². The minimum absolute atomic E-state index is 0. The molecule has 94 valence electrons. The Labute approximate surface area is 104 Å². The largest absolute Gasteiger partial charge is 0.341 e. The fraction of sp³-hybridized carbons (Fsp3) is 0.917. The van der Waals surface area contributed by atoms with Crippen LogP contribution in [-0.4, -0.2) is 29.9 Å². The van der Waals surface area contributed by atoms with Gasteiger partial charge >= 0.3 is 0 Å². The highest BCUT2D eigenvalue weighted by molar-refractivity contribution is 5.85. The molecule has 1 saturated heterocycles. The van der Waals surface area contributed by atoms with Gasteiger partial charge in [-0.05, 0) is 25.7 Å². The molecule has 1 heterocycles. The number of amides is 1. The van der Waals surface area contributed by atoms with Gasteiger partial charge in [-0.15, -0.1) is 12.4 Å². The lowest BCUT2D eigenvalue weighted by atomic mass is 9.65. The zero-order chi connectivity index (χ0) is 10.9. The molecule has 0 spiro atoms. The van der Waals surface area contributed by atoms with Gasteiger partial charge in [-0.1, -0.05) is 19.8 Å². The Kier molecular flexibility index (Phi) is 4.62. The topological polar surface area (TPSA) is 46.3 Å². The van der Waals surface area contributed by atoms with Gasteiger partial charge in [0, 0.05) is 24.5 Å². The minimum Gasteiger partial charge on any atom is -0.341 e. The molecule has 0 aromatic carbocycles. The fourth-order valence-electron chi connectivity index (χ4n) is 2.96. The number of nitrogens with zero attached hydrogens (tertiary/aromatic N) is 1. The molecule has 16 heavy (non-hydrogen) atoms. The molecule has 1 aliphatic carbocycles. The van der Waals surface area contributed by atoms with E-state index in [4.69, 9.17) is 5.73 Å². The molecule has 0 radical (unpaired) electrons. The van der Waals surface area contributed by atoms with Crippen molar-refractivity contribution in [2.75, 3.05) is 13.1 Å². The van der Waals surface area contributed by atoms with Crippen molar-refractivity contribution in [3.8, 4) is 0 Å². The van der Waals surface area contributed by atoms with Crippen LogP contribution in [0.2, 0.25) is 0 Å². The number of hydrogen-bond acceptors (Lipinski definition) is 2. The summed E-state index contributed by atoms with van der Waals surface area (Å²) in [5.41, 5.74) is 5.86. The number of hydrogen-bond donors (Lipinski definition) is 1. The SMILES string of the molecule is CCCC1(C(=O)N2CCC(N)C2)CCC1.Cl. The lowest BCUT2D eigenvalue weighted by molar-refractivity contribution is -0.147. The molecule has 1 aliphatic heterocycles. The van der Waals surface area contributed by atoms with Crippen molar-refractivity contribution >= 4 is 18.3 Å². The summed E-state index contributed by atoms with van der Waals surface area (Å²) in [6.45, 7) is 3.83. The second kappa shape index (κ2) is 5.37. The third kappa shape index (κ3) is 2.35. The standard InChI is InChI=1S/C12H22N2O.ClH/c1-2-5-12(6-3-7-12)11(15)14-8-4-10(13)9-14;/h10H,2-9,13H2,1H3;1H. The Morgan fingerprint density at radius 2 is 2.19 bits per heavy atom. The van der Waals surface area contributed by atoms with Crippen molar-refractivity contribution in [1.82, 2.24) is 4.90 Å². The summed E-state index contributed by atoms with van der Waals surface area (Å²) >= 11 is 0. The van der Waals surface area contributed by atoms with E-state index >= 15 is 0 Å². The molecule has 4 heteroatoms. The molecule has 3 nitrogen and oxygen atoms in total. The fourth-order valence-corrected chi connectivity index (χ4v) is 2.96. The molecule has 0 aromatic rings. The van der Waals surface area contributed by atoms with Gasteiger partial charge in [0.1, 0.15) is 0 Å². The van der Waals surface area contributed by atoms with Crippen LogP contribution < -0.4 is 5.73 Å². The van der Waals surface area contributed by atoms with Crippen LogP contribution >= 0.6 is 12.4 Å². The number of halogens is 1. The van der Waals surface area contributed by atoms with Gasteiger partial charge in [0.2, 0.25) is 5.91 Å². The number of carbonyl (C=O) groups is 1. The molecule has 0 bridgehead atoms. The van der Waals surface area contributed by atoms with Crippen LogP contribution in [0.4, 0.5) is 0 Å². The highest BCUT2D eigenvalue weighted by Crippen LogP contribution is 2.46. The van der Waals surface area contributed by atoms with Gasteiger partial charge < -0.3 is 10.6 Å². The van der Waals surface area contributed by atoms with Crippen LogP contribution in [0.1, 0.15) is 45.4 Å². The van der Waals surface area contributed by atoms with Crippen LogP contribution in [0, 0.1) is 5.41 Å². The number of carbonyl (C=O) groups excluding carboxylic acids is 1. The highest BCUT2D eigenvalue weighted by atomic mass is 35.5. The van der Waals surface area contributed by atoms with Gasteiger partial charge in [-0.3, -0.25) is 4.79 Å². The summed E-state index contributed by atoms with van der Waals surface area (Å²) in [5, 5.41) is 0. The maximum atomic E-state index is 12.4. The Morgan fingerprint density at radius 3 is 2.56 bits per heavy atom. The van der Waals surface area contributed by atoms with E-state index in [1.54, 1.807) is 0 Å². The normalized spacial score (nSPS) is 27.1. The monoisotopic (exact) mass is 246 g/mol. The molecule has 2 fully saturated rings. The van der Waals surface area contributed by atoms with Crippen molar-refractivity contribution in [1.29, 1.82) is 0 Å². The van der Waals surface area contributed by atoms with E-state index in [1.807, 2.05) is 4.90 Å². The average molecular weight is 247 g/mol. The van der Waals surface area contributed by atoms with E-state index in [9.17, 15) is 4.79 Å². The molecule has 2 N–H and O–H groups in total.